The Labute approximate surface area is 95.3 Å². The molecule has 2 unspecified atom stereocenters. The first kappa shape index (κ1) is 10.9. The average Bonchev–Trinajstić information content (AvgIpc) is 2.48. The lowest BCUT2D eigenvalue weighted by Gasteiger charge is -2.05. The van der Waals surface area contributed by atoms with E-state index in [4.69, 9.17) is 5.73 Å². The first-order valence-corrected chi connectivity index (χ1v) is 6.07. The largest absolute Gasteiger partial charge is 0.354 e. The fourth-order valence-electron chi connectivity index (χ4n) is 2.05. The van der Waals surface area contributed by atoms with Gasteiger partial charge in [0, 0.05) is 30.9 Å². The highest BCUT2D eigenvalue weighted by atomic mass is 32.1. The molecule has 4 heteroatoms. The van der Waals surface area contributed by atoms with Gasteiger partial charge in [-0.2, -0.15) is 0 Å². The average molecular weight is 225 g/mol. The highest BCUT2D eigenvalue weighted by Gasteiger charge is 2.57. The molecular formula is C11H19N3S. The van der Waals surface area contributed by atoms with Crippen molar-refractivity contribution in [2.45, 2.75) is 32.7 Å². The molecule has 1 saturated carbocycles. The number of hydrogen-bond donors (Lipinski definition) is 1. The fraction of sp³-hybridized carbons (Fsp3) is 0.727. The van der Waals surface area contributed by atoms with E-state index in [2.05, 4.69) is 30.7 Å². The minimum Gasteiger partial charge on any atom is -0.354 e. The maximum atomic E-state index is 6.10. The number of thiazole rings is 1. The van der Waals surface area contributed by atoms with Gasteiger partial charge >= 0.3 is 0 Å². The van der Waals surface area contributed by atoms with E-state index in [1.807, 2.05) is 14.1 Å². The molecular weight excluding hydrogens is 206 g/mol. The molecule has 3 nitrogen and oxygen atoms in total. The first-order chi connectivity index (χ1) is 6.85. The molecule has 1 fully saturated rings. The van der Waals surface area contributed by atoms with E-state index in [1.54, 1.807) is 11.3 Å². The van der Waals surface area contributed by atoms with Crippen LogP contribution in [0, 0.1) is 12.3 Å². The van der Waals surface area contributed by atoms with Crippen LogP contribution in [0.25, 0.3) is 0 Å². The van der Waals surface area contributed by atoms with E-state index in [0.29, 0.717) is 12.0 Å². The summed E-state index contributed by atoms with van der Waals surface area (Å²) in [6.07, 6.45) is 0. The summed E-state index contributed by atoms with van der Waals surface area (Å²) in [5, 5.41) is 1.08. The van der Waals surface area contributed by atoms with Crippen LogP contribution in [0.1, 0.15) is 30.3 Å². The molecule has 0 spiro atoms. The van der Waals surface area contributed by atoms with Gasteiger partial charge in [0.05, 0.1) is 5.69 Å². The van der Waals surface area contributed by atoms with Gasteiger partial charge in [-0.1, -0.05) is 13.8 Å². The lowest BCUT2D eigenvalue weighted by molar-refractivity contribution is 0.600. The molecule has 2 N–H and O–H groups in total. The quantitative estimate of drug-likeness (QED) is 0.836. The summed E-state index contributed by atoms with van der Waals surface area (Å²) in [6, 6.07) is 0.298. The monoisotopic (exact) mass is 225 g/mol. The molecule has 0 saturated heterocycles. The van der Waals surface area contributed by atoms with Crippen molar-refractivity contribution in [1.29, 1.82) is 0 Å². The summed E-state index contributed by atoms with van der Waals surface area (Å²) >= 11 is 1.78. The number of nitrogens with zero attached hydrogens (tertiary/aromatic N) is 2. The van der Waals surface area contributed by atoms with Gasteiger partial charge in [-0.3, -0.25) is 0 Å². The van der Waals surface area contributed by atoms with E-state index in [9.17, 15) is 0 Å². The molecule has 1 aliphatic rings. The molecule has 1 aromatic heterocycles. The third-order valence-corrected chi connectivity index (χ3v) is 4.81. The number of aromatic nitrogens is 1. The van der Waals surface area contributed by atoms with Crippen molar-refractivity contribution >= 4 is 16.5 Å². The molecule has 0 aromatic carbocycles. The Kier molecular flexibility index (Phi) is 2.32. The second-order valence-corrected chi connectivity index (χ2v) is 6.17. The zero-order valence-corrected chi connectivity index (χ0v) is 10.9. The molecule has 1 aliphatic carbocycles. The van der Waals surface area contributed by atoms with Crippen LogP contribution in [0.5, 0.6) is 0 Å². The van der Waals surface area contributed by atoms with Crippen LogP contribution in [0.2, 0.25) is 0 Å². The Balaban J connectivity index is 2.31. The Morgan fingerprint density at radius 3 is 2.27 bits per heavy atom. The number of aryl methyl sites for hydroxylation is 1. The number of anilines is 1. The van der Waals surface area contributed by atoms with E-state index in [1.165, 1.54) is 4.88 Å². The topological polar surface area (TPSA) is 42.2 Å². The van der Waals surface area contributed by atoms with Crippen molar-refractivity contribution in [3.63, 3.8) is 0 Å². The molecule has 1 heterocycles. The normalized spacial score (nSPS) is 27.9. The molecule has 1 aromatic rings. The van der Waals surface area contributed by atoms with E-state index < -0.39 is 0 Å². The van der Waals surface area contributed by atoms with Gasteiger partial charge in [-0.05, 0) is 12.3 Å². The lowest BCUT2D eigenvalue weighted by Crippen LogP contribution is -2.07. The van der Waals surface area contributed by atoms with E-state index >= 15 is 0 Å². The smallest absolute Gasteiger partial charge is 0.185 e. The Morgan fingerprint density at radius 1 is 1.40 bits per heavy atom. The van der Waals surface area contributed by atoms with Crippen molar-refractivity contribution in [2.24, 2.45) is 11.1 Å². The van der Waals surface area contributed by atoms with Crippen LogP contribution >= 0.6 is 11.3 Å². The van der Waals surface area contributed by atoms with Gasteiger partial charge in [0.25, 0.3) is 0 Å². The van der Waals surface area contributed by atoms with Crippen molar-refractivity contribution in [3.05, 3.63) is 10.6 Å². The Hall–Kier alpha value is -0.610. The van der Waals surface area contributed by atoms with Crippen molar-refractivity contribution in [1.82, 2.24) is 4.98 Å². The van der Waals surface area contributed by atoms with Crippen LogP contribution < -0.4 is 10.6 Å². The highest BCUT2D eigenvalue weighted by molar-refractivity contribution is 7.15. The van der Waals surface area contributed by atoms with Crippen LogP contribution in [0.3, 0.4) is 0 Å². The second kappa shape index (κ2) is 3.19. The number of nitrogens with two attached hydrogens (primary N) is 1. The highest BCUT2D eigenvalue weighted by Crippen LogP contribution is 2.59. The summed E-state index contributed by atoms with van der Waals surface area (Å²) in [6.45, 7) is 6.55. The summed E-state index contributed by atoms with van der Waals surface area (Å²) in [5.41, 5.74) is 7.49. The third-order valence-electron chi connectivity index (χ3n) is 3.40. The Morgan fingerprint density at radius 2 is 1.93 bits per heavy atom. The fourth-order valence-corrected chi connectivity index (χ4v) is 3.38. The van der Waals surface area contributed by atoms with Gasteiger partial charge < -0.3 is 10.6 Å². The van der Waals surface area contributed by atoms with Crippen LogP contribution in [0.15, 0.2) is 0 Å². The summed E-state index contributed by atoms with van der Waals surface area (Å²) < 4.78 is 0. The van der Waals surface area contributed by atoms with Crippen LogP contribution in [-0.4, -0.2) is 25.1 Å². The van der Waals surface area contributed by atoms with Crippen molar-refractivity contribution in [2.75, 3.05) is 19.0 Å². The van der Waals surface area contributed by atoms with Gasteiger partial charge in [-0.15, -0.1) is 11.3 Å². The molecule has 0 aliphatic heterocycles. The third kappa shape index (κ3) is 1.56. The SMILES string of the molecule is Cc1nc(N(C)C)sc1C1C(N)C1(C)C. The maximum Gasteiger partial charge on any atom is 0.185 e. The van der Waals surface area contributed by atoms with Gasteiger partial charge in [0.1, 0.15) is 0 Å². The molecule has 0 amide bonds. The first-order valence-electron chi connectivity index (χ1n) is 5.26. The van der Waals surface area contributed by atoms with E-state index in [0.717, 1.165) is 10.8 Å². The second-order valence-electron chi connectivity index (χ2n) is 5.17. The summed E-state index contributed by atoms with van der Waals surface area (Å²) in [7, 11) is 4.06. The standard InChI is InChI=1S/C11H19N3S/c1-6-8(7-9(12)11(7,2)3)15-10(13-6)14(4)5/h7,9H,12H2,1-5H3. The minimum absolute atomic E-state index is 0.251. The van der Waals surface area contributed by atoms with Gasteiger partial charge in [0.2, 0.25) is 0 Å². The predicted molar refractivity (Wildman–Crippen MR) is 65.7 cm³/mol. The molecule has 0 bridgehead atoms. The molecule has 0 radical (unpaired) electrons. The van der Waals surface area contributed by atoms with Crippen LogP contribution in [-0.2, 0) is 0 Å². The van der Waals surface area contributed by atoms with Gasteiger partial charge in [-0.25, -0.2) is 4.98 Å². The lowest BCUT2D eigenvalue weighted by atomic mass is 10.1. The van der Waals surface area contributed by atoms with Crippen molar-refractivity contribution in [3.8, 4) is 0 Å². The summed E-state index contributed by atoms with van der Waals surface area (Å²) in [4.78, 5) is 7.99. The number of rotatable bonds is 2. The van der Waals surface area contributed by atoms with E-state index in [-0.39, 0.29) is 5.41 Å². The van der Waals surface area contributed by atoms with Crippen molar-refractivity contribution < 1.29 is 0 Å². The molecule has 84 valence electrons. The summed E-state index contributed by atoms with van der Waals surface area (Å²) in [5.74, 6) is 0.503. The Bertz CT molecular complexity index is 381. The molecule has 2 rings (SSSR count). The molecule has 15 heavy (non-hydrogen) atoms. The molecule has 2 atom stereocenters. The van der Waals surface area contributed by atoms with Gasteiger partial charge in [0.15, 0.2) is 5.13 Å². The van der Waals surface area contributed by atoms with Crippen LogP contribution in [0.4, 0.5) is 5.13 Å². The zero-order valence-electron chi connectivity index (χ0n) is 10.0. The maximum absolute atomic E-state index is 6.10. The zero-order chi connectivity index (χ0) is 11.4. The minimum atomic E-state index is 0.251. The predicted octanol–water partition coefficient (Wildman–Crippen LogP) is 1.97. The number of hydrogen-bond acceptors (Lipinski definition) is 4.